The summed E-state index contributed by atoms with van der Waals surface area (Å²) in [7, 11) is 0. The average Bonchev–Trinajstić information content (AvgIpc) is 2.47. The summed E-state index contributed by atoms with van der Waals surface area (Å²) in [5.41, 5.74) is 0.528. The fraction of sp³-hybridized carbons (Fsp3) is 0.600. The molecule has 1 aliphatic rings. The highest BCUT2D eigenvalue weighted by Gasteiger charge is 2.16. The molecule has 1 heterocycles. The number of pyridine rings is 1. The quantitative estimate of drug-likeness (QED) is 0.828. The van der Waals surface area contributed by atoms with Gasteiger partial charge in [0.05, 0.1) is 6.61 Å². The maximum Gasteiger partial charge on any atom is 0.341 e. The van der Waals surface area contributed by atoms with Crippen LogP contribution in [-0.2, 0) is 4.74 Å². The molecule has 104 valence electrons. The van der Waals surface area contributed by atoms with E-state index in [-0.39, 0.29) is 5.97 Å². The third kappa shape index (κ3) is 3.94. The number of carbonyl (C=O) groups excluding carboxylic acids is 1. The molecule has 1 N–H and O–H groups in total. The number of ether oxygens (including phenoxy) is 1. The van der Waals surface area contributed by atoms with Gasteiger partial charge in [0, 0.05) is 12.7 Å². The van der Waals surface area contributed by atoms with Crippen molar-refractivity contribution in [2.24, 2.45) is 5.92 Å². The molecule has 0 atom stereocenters. The molecule has 1 fully saturated rings. The molecule has 0 saturated heterocycles. The molecular formula is C15H22N2O2. The van der Waals surface area contributed by atoms with E-state index in [0.717, 1.165) is 6.54 Å². The normalized spacial score (nSPS) is 16.1. The Bertz CT molecular complexity index is 414. The molecule has 4 nitrogen and oxygen atoms in total. The second-order valence-corrected chi connectivity index (χ2v) is 5.00. The number of hydrogen-bond donors (Lipinski definition) is 1. The van der Waals surface area contributed by atoms with Crippen LogP contribution in [-0.4, -0.2) is 24.1 Å². The van der Waals surface area contributed by atoms with Crippen LogP contribution in [0.25, 0.3) is 0 Å². The molecule has 1 saturated carbocycles. The van der Waals surface area contributed by atoms with Crippen LogP contribution >= 0.6 is 0 Å². The van der Waals surface area contributed by atoms with Crippen LogP contribution in [0.1, 0.15) is 49.4 Å². The minimum atomic E-state index is -0.304. The maximum absolute atomic E-state index is 11.8. The van der Waals surface area contributed by atoms with E-state index in [0.29, 0.717) is 23.9 Å². The van der Waals surface area contributed by atoms with E-state index >= 15 is 0 Å². The van der Waals surface area contributed by atoms with Crippen molar-refractivity contribution in [1.82, 2.24) is 4.98 Å². The second-order valence-electron chi connectivity index (χ2n) is 5.00. The number of rotatable bonds is 5. The Balaban J connectivity index is 1.97. The van der Waals surface area contributed by atoms with Crippen molar-refractivity contribution in [3.63, 3.8) is 0 Å². The Kier molecular flexibility index (Phi) is 5.19. The molecule has 0 aromatic carbocycles. The Hall–Kier alpha value is -1.58. The molecule has 1 aromatic heterocycles. The van der Waals surface area contributed by atoms with Crippen molar-refractivity contribution in [3.05, 3.63) is 23.9 Å². The number of carbonyl (C=O) groups is 1. The van der Waals surface area contributed by atoms with Crippen molar-refractivity contribution < 1.29 is 9.53 Å². The third-order valence-corrected chi connectivity index (χ3v) is 3.59. The van der Waals surface area contributed by atoms with Crippen molar-refractivity contribution in [2.45, 2.75) is 39.0 Å². The van der Waals surface area contributed by atoms with Crippen LogP contribution in [0.2, 0.25) is 0 Å². The van der Waals surface area contributed by atoms with Crippen molar-refractivity contribution >= 4 is 11.8 Å². The monoisotopic (exact) mass is 262 g/mol. The zero-order valence-electron chi connectivity index (χ0n) is 11.5. The van der Waals surface area contributed by atoms with Crippen molar-refractivity contribution in [3.8, 4) is 0 Å². The maximum atomic E-state index is 11.8. The van der Waals surface area contributed by atoms with Gasteiger partial charge >= 0.3 is 5.97 Å². The van der Waals surface area contributed by atoms with Gasteiger partial charge in [-0.15, -0.1) is 0 Å². The van der Waals surface area contributed by atoms with E-state index in [9.17, 15) is 4.79 Å². The molecular weight excluding hydrogens is 240 g/mol. The number of anilines is 1. The first-order chi connectivity index (χ1) is 9.31. The molecule has 1 aromatic rings. The molecule has 2 rings (SSSR count). The lowest BCUT2D eigenvalue weighted by molar-refractivity contribution is 0.0527. The van der Waals surface area contributed by atoms with Gasteiger partial charge in [0.1, 0.15) is 11.4 Å². The number of nitrogens with zero attached hydrogens (tertiary/aromatic N) is 1. The fourth-order valence-corrected chi connectivity index (χ4v) is 2.55. The standard InChI is InChI=1S/C15H22N2O2/c1-2-19-15(18)13-9-6-10-16-14(13)17-11-12-7-4-3-5-8-12/h6,9-10,12H,2-5,7-8,11H2,1H3,(H,16,17). The lowest BCUT2D eigenvalue weighted by atomic mass is 9.89. The van der Waals surface area contributed by atoms with Crippen LogP contribution in [0, 0.1) is 5.92 Å². The van der Waals surface area contributed by atoms with Gasteiger partial charge in [-0.2, -0.15) is 0 Å². The van der Waals surface area contributed by atoms with Crippen LogP contribution < -0.4 is 5.32 Å². The highest BCUT2D eigenvalue weighted by atomic mass is 16.5. The lowest BCUT2D eigenvalue weighted by Crippen LogP contribution is -2.19. The summed E-state index contributed by atoms with van der Waals surface area (Å²) < 4.78 is 5.04. The van der Waals surface area contributed by atoms with Gasteiger partial charge in [0.25, 0.3) is 0 Å². The zero-order valence-corrected chi connectivity index (χ0v) is 11.5. The van der Waals surface area contributed by atoms with Gasteiger partial charge in [-0.25, -0.2) is 9.78 Å². The van der Waals surface area contributed by atoms with Crippen molar-refractivity contribution in [1.29, 1.82) is 0 Å². The molecule has 0 unspecified atom stereocenters. The molecule has 0 aliphatic heterocycles. The summed E-state index contributed by atoms with van der Waals surface area (Å²) >= 11 is 0. The average molecular weight is 262 g/mol. The second kappa shape index (κ2) is 7.12. The highest BCUT2D eigenvalue weighted by molar-refractivity contribution is 5.94. The van der Waals surface area contributed by atoms with Gasteiger partial charge in [0.15, 0.2) is 0 Å². The molecule has 0 bridgehead atoms. The summed E-state index contributed by atoms with van der Waals surface area (Å²) in [6.07, 6.45) is 8.24. The van der Waals surface area contributed by atoms with E-state index < -0.39 is 0 Å². The largest absolute Gasteiger partial charge is 0.462 e. The molecule has 0 amide bonds. The van der Waals surface area contributed by atoms with E-state index in [4.69, 9.17) is 4.74 Å². The SMILES string of the molecule is CCOC(=O)c1cccnc1NCC1CCCCC1. The predicted molar refractivity (Wildman–Crippen MR) is 75.3 cm³/mol. The highest BCUT2D eigenvalue weighted by Crippen LogP contribution is 2.24. The smallest absolute Gasteiger partial charge is 0.341 e. The summed E-state index contributed by atoms with van der Waals surface area (Å²) in [5, 5.41) is 3.31. The number of esters is 1. The van der Waals surface area contributed by atoms with E-state index in [1.807, 2.05) is 6.92 Å². The Morgan fingerprint density at radius 2 is 2.21 bits per heavy atom. The summed E-state index contributed by atoms with van der Waals surface area (Å²) in [5.74, 6) is 1.04. The van der Waals surface area contributed by atoms with E-state index in [1.165, 1.54) is 32.1 Å². The first-order valence-electron chi connectivity index (χ1n) is 7.17. The van der Waals surface area contributed by atoms with Gasteiger partial charge in [-0.05, 0) is 37.8 Å². The summed E-state index contributed by atoms with van der Waals surface area (Å²) in [4.78, 5) is 16.1. The van der Waals surface area contributed by atoms with Gasteiger partial charge in [-0.1, -0.05) is 19.3 Å². The molecule has 19 heavy (non-hydrogen) atoms. The number of nitrogens with one attached hydrogen (secondary N) is 1. The molecule has 1 aliphatic carbocycles. The van der Waals surface area contributed by atoms with Crippen LogP contribution in [0.5, 0.6) is 0 Å². The predicted octanol–water partition coefficient (Wildman–Crippen LogP) is 3.25. The molecule has 0 spiro atoms. The fourth-order valence-electron chi connectivity index (χ4n) is 2.55. The summed E-state index contributed by atoms with van der Waals surface area (Å²) in [6, 6.07) is 3.52. The number of aromatic nitrogens is 1. The van der Waals surface area contributed by atoms with Gasteiger partial charge < -0.3 is 10.1 Å². The molecule has 0 radical (unpaired) electrons. The summed E-state index contributed by atoms with van der Waals surface area (Å²) in [6.45, 7) is 3.09. The van der Waals surface area contributed by atoms with E-state index in [1.54, 1.807) is 18.3 Å². The Labute approximate surface area is 114 Å². The minimum absolute atomic E-state index is 0.304. The van der Waals surface area contributed by atoms with Gasteiger partial charge in [-0.3, -0.25) is 0 Å². The van der Waals surface area contributed by atoms with Crippen molar-refractivity contribution in [2.75, 3.05) is 18.5 Å². The minimum Gasteiger partial charge on any atom is -0.462 e. The Morgan fingerprint density at radius 3 is 2.95 bits per heavy atom. The topological polar surface area (TPSA) is 51.2 Å². The van der Waals surface area contributed by atoms with Gasteiger partial charge in [0.2, 0.25) is 0 Å². The van der Waals surface area contributed by atoms with E-state index in [2.05, 4.69) is 10.3 Å². The first-order valence-corrected chi connectivity index (χ1v) is 7.17. The third-order valence-electron chi connectivity index (χ3n) is 3.59. The van der Waals surface area contributed by atoms with Crippen LogP contribution in [0.3, 0.4) is 0 Å². The number of hydrogen-bond acceptors (Lipinski definition) is 4. The van der Waals surface area contributed by atoms with Crippen LogP contribution in [0.15, 0.2) is 18.3 Å². The Morgan fingerprint density at radius 1 is 1.42 bits per heavy atom. The lowest BCUT2D eigenvalue weighted by Gasteiger charge is -2.22. The molecule has 4 heteroatoms. The first kappa shape index (κ1) is 13.8. The van der Waals surface area contributed by atoms with Crippen LogP contribution in [0.4, 0.5) is 5.82 Å². The zero-order chi connectivity index (χ0) is 13.5.